The van der Waals surface area contributed by atoms with E-state index in [-0.39, 0.29) is 5.56 Å². The molecule has 0 atom stereocenters. The molecule has 5 nitrogen and oxygen atoms in total. The van der Waals surface area contributed by atoms with E-state index >= 15 is 0 Å². The Morgan fingerprint density at radius 3 is 2.77 bits per heavy atom. The second kappa shape index (κ2) is 7.63. The van der Waals surface area contributed by atoms with Gasteiger partial charge in [0.15, 0.2) is 5.16 Å². The van der Waals surface area contributed by atoms with Crippen molar-refractivity contribution in [2.45, 2.75) is 17.8 Å². The zero-order valence-corrected chi connectivity index (χ0v) is 17.7. The molecule has 0 saturated heterocycles. The van der Waals surface area contributed by atoms with Crippen LogP contribution in [0.15, 0.2) is 83.0 Å². The van der Waals surface area contributed by atoms with Crippen LogP contribution in [0.1, 0.15) is 11.3 Å². The molecule has 0 aliphatic heterocycles. The van der Waals surface area contributed by atoms with Gasteiger partial charge in [-0.1, -0.05) is 41.6 Å². The Kier molecular flexibility index (Phi) is 4.81. The summed E-state index contributed by atoms with van der Waals surface area (Å²) in [7, 11) is 0. The maximum Gasteiger partial charge on any atom is 0.266 e. The first kappa shape index (κ1) is 18.9. The minimum absolute atomic E-state index is 0.111. The Hall–Kier alpha value is -3.09. The molecule has 5 rings (SSSR count). The molecule has 0 bridgehead atoms. The summed E-state index contributed by atoms with van der Waals surface area (Å²) >= 11 is 7.63. The Labute approximate surface area is 182 Å². The lowest BCUT2D eigenvalue weighted by Crippen LogP contribution is -2.21. The maximum atomic E-state index is 13.4. The van der Waals surface area contributed by atoms with Crippen molar-refractivity contribution in [2.24, 2.45) is 0 Å². The summed E-state index contributed by atoms with van der Waals surface area (Å²) in [6.45, 7) is 2.01. The molecular formula is C23H17ClN4OS. The van der Waals surface area contributed by atoms with Gasteiger partial charge in [-0.25, -0.2) is 9.97 Å². The summed E-state index contributed by atoms with van der Waals surface area (Å²) in [6.07, 6.45) is 3.96. The number of aryl methyl sites for hydroxylation is 1. The molecule has 30 heavy (non-hydrogen) atoms. The van der Waals surface area contributed by atoms with Crippen molar-refractivity contribution in [1.29, 1.82) is 0 Å². The first-order valence-electron chi connectivity index (χ1n) is 9.43. The summed E-state index contributed by atoms with van der Waals surface area (Å²) < 4.78 is 3.65. The number of fused-ring (bicyclic) bond motifs is 2. The van der Waals surface area contributed by atoms with Crippen LogP contribution in [0.5, 0.6) is 0 Å². The Morgan fingerprint density at radius 2 is 1.93 bits per heavy atom. The van der Waals surface area contributed by atoms with Crippen molar-refractivity contribution >= 4 is 39.9 Å². The van der Waals surface area contributed by atoms with E-state index in [4.69, 9.17) is 16.6 Å². The third-order valence-electron chi connectivity index (χ3n) is 4.82. The molecule has 148 valence electrons. The van der Waals surface area contributed by atoms with Crippen molar-refractivity contribution in [3.05, 3.63) is 99.7 Å². The molecule has 0 spiro atoms. The van der Waals surface area contributed by atoms with Crippen molar-refractivity contribution in [2.75, 3.05) is 0 Å². The van der Waals surface area contributed by atoms with Crippen LogP contribution in [0.4, 0.5) is 0 Å². The SMILES string of the molecule is Cc1cccc(-n2c(SCc3cn4ccccc4n3)nc3cc(Cl)ccc3c2=O)c1. The lowest BCUT2D eigenvalue weighted by atomic mass is 10.2. The normalized spacial score (nSPS) is 11.4. The number of pyridine rings is 1. The fraction of sp³-hybridized carbons (Fsp3) is 0.0870. The second-order valence-corrected chi connectivity index (χ2v) is 8.40. The highest BCUT2D eigenvalue weighted by atomic mass is 35.5. The number of thioether (sulfide) groups is 1. The third-order valence-corrected chi connectivity index (χ3v) is 6.03. The second-order valence-electron chi connectivity index (χ2n) is 7.02. The molecule has 2 aromatic carbocycles. The lowest BCUT2D eigenvalue weighted by molar-refractivity contribution is 0.818. The fourth-order valence-electron chi connectivity index (χ4n) is 3.43. The first-order chi connectivity index (χ1) is 14.6. The maximum absolute atomic E-state index is 13.4. The number of imidazole rings is 1. The molecule has 0 N–H and O–H groups in total. The molecule has 5 aromatic rings. The van der Waals surface area contributed by atoms with E-state index in [2.05, 4.69) is 4.98 Å². The van der Waals surface area contributed by atoms with Gasteiger partial charge >= 0.3 is 0 Å². The zero-order valence-electron chi connectivity index (χ0n) is 16.1. The summed E-state index contributed by atoms with van der Waals surface area (Å²) in [5.74, 6) is 0.589. The van der Waals surface area contributed by atoms with E-state index in [1.165, 1.54) is 11.8 Å². The fourth-order valence-corrected chi connectivity index (χ4v) is 4.49. The van der Waals surface area contributed by atoms with Gasteiger partial charge in [-0.15, -0.1) is 0 Å². The van der Waals surface area contributed by atoms with Crippen molar-refractivity contribution in [1.82, 2.24) is 18.9 Å². The van der Waals surface area contributed by atoms with Crippen LogP contribution in [0, 0.1) is 6.92 Å². The highest BCUT2D eigenvalue weighted by Crippen LogP contribution is 2.26. The monoisotopic (exact) mass is 432 g/mol. The van der Waals surface area contributed by atoms with Crippen LogP contribution < -0.4 is 5.56 Å². The van der Waals surface area contributed by atoms with Gasteiger partial charge in [-0.3, -0.25) is 9.36 Å². The summed E-state index contributed by atoms with van der Waals surface area (Å²) in [5, 5.41) is 1.70. The number of benzene rings is 2. The summed E-state index contributed by atoms with van der Waals surface area (Å²) in [4.78, 5) is 22.8. The van der Waals surface area contributed by atoms with Gasteiger partial charge in [0.05, 0.1) is 22.3 Å². The highest BCUT2D eigenvalue weighted by Gasteiger charge is 2.15. The standard InChI is InChI=1S/C23H17ClN4OS/c1-15-5-4-6-18(11-15)28-22(29)19-9-8-16(24)12-20(19)26-23(28)30-14-17-13-27-10-3-2-7-21(27)25-17/h2-13H,14H2,1H3. The number of rotatable bonds is 4. The molecule has 0 saturated carbocycles. The van der Waals surface area contributed by atoms with Gasteiger partial charge in [0.2, 0.25) is 0 Å². The molecular weight excluding hydrogens is 416 g/mol. The molecule has 0 unspecified atom stereocenters. The number of nitrogens with zero attached hydrogens (tertiary/aromatic N) is 4. The van der Waals surface area contributed by atoms with E-state index in [0.29, 0.717) is 26.8 Å². The Morgan fingerprint density at radius 1 is 1.03 bits per heavy atom. The largest absolute Gasteiger partial charge is 0.307 e. The predicted molar refractivity (Wildman–Crippen MR) is 122 cm³/mol. The first-order valence-corrected chi connectivity index (χ1v) is 10.8. The minimum Gasteiger partial charge on any atom is -0.307 e. The van der Waals surface area contributed by atoms with Crippen LogP contribution in [-0.2, 0) is 5.75 Å². The van der Waals surface area contributed by atoms with Gasteiger partial charge in [0.1, 0.15) is 5.65 Å². The molecule has 3 heterocycles. The van der Waals surface area contributed by atoms with E-state index in [0.717, 1.165) is 22.6 Å². The van der Waals surface area contributed by atoms with Gasteiger partial charge in [0.25, 0.3) is 5.56 Å². The van der Waals surface area contributed by atoms with Crippen LogP contribution >= 0.6 is 23.4 Å². The number of hydrogen-bond donors (Lipinski definition) is 0. The van der Waals surface area contributed by atoms with Gasteiger partial charge in [-0.05, 0) is 55.0 Å². The lowest BCUT2D eigenvalue weighted by Gasteiger charge is -2.13. The minimum atomic E-state index is -0.111. The molecule has 0 aliphatic rings. The van der Waals surface area contributed by atoms with E-state index in [1.807, 2.05) is 66.2 Å². The molecule has 7 heteroatoms. The van der Waals surface area contributed by atoms with Crippen molar-refractivity contribution in [3.8, 4) is 5.69 Å². The highest BCUT2D eigenvalue weighted by molar-refractivity contribution is 7.98. The molecule has 0 radical (unpaired) electrons. The van der Waals surface area contributed by atoms with Crippen LogP contribution in [0.25, 0.3) is 22.2 Å². The number of hydrogen-bond acceptors (Lipinski definition) is 4. The molecule has 0 aliphatic carbocycles. The molecule has 0 fully saturated rings. The van der Waals surface area contributed by atoms with E-state index in [9.17, 15) is 4.79 Å². The van der Waals surface area contributed by atoms with Crippen LogP contribution in [-0.4, -0.2) is 18.9 Å². The molecule has 0 amide bonds. The topological polar surface area (TPSA) is 52.2 Å². The van der Waals surface area contributed by atoms with Gasteiger partial charge < -0.3 is 4.40 Å². The molecule has 3 aromatic heterocycles. The van der Waals surface area contributed by atoms with Crippen molar-refractivity contribution in [3.63, 3.8) is 0 Å². The van der Waals surface area contributed by atoms with Crippen LogP contribution in [0.3, 0.4) is 0 Å². The average molecular weight is 433 g/mol. The summed E-state index contributed by atoms with van der Waals surface area (Å²) in [5.41, 5.74) is 4.16. The quantitative estimate of drug-likeness (QED) is 0.286. The number of aromatic nitrogens is 4. The van der Waals surface area contributed by atoms with Gasteiger partial charge in [-0.2, -0.15) is 0 Å². The smallest absolute Gasteiger partial charge is 0.266 e. The Bertz CT molecular complexity index is 1420. The van der Waals surface area contributed by atoms with Gasteiger partial charge in [0, 0.05) is 23.2 Å². The van der Waals surface area contributed by atoms with E-state index in [1.54, 1.807) is 22.8 Å². The van der Waals surface area contributed by atoms with Crippen LogP contribution in [0.2, 0.25) is 5.02 Å². The van der Waals surface area contributed by atoms with E-state index < -0.39 is 0 Å². The number of halogens is 1. The summed E-state index contributed by atoms with van der Waals surface area (Å²) in [6, 6.07) is 18.9. The Balaban J connectivity index is 1.63. The zero-order chi connectivity index (χ0) is 20.7. The third kappa shape index (κ3) is 3.49. The van der Waals surface area contributed by atoms with Crippen molar-refractivity contribution < 1.29 is 0 Å². The predicted octanol–water partition coefficient (Wildman–Crippen LogP) is 5.29. The average Bonchev–Trinajstić information content (AvgIpc) is 3.15.